The molecule has 0 unspecified atom stereocenters. The number of nitrogens with one attached hydrogen (secondary N) is 1. The number of carbonyl (C=O) groups excluding carboxylic acids is 1. The molecule has 0 radical (unpaired) electrons. The largest absolute Gasteiger partial charge is 0.349 e. The summed E-state index contributed by atoms with van der Waals surface area (Å²) >= 11 is 6.34. The number of aromatic nitrogens is 2. The molecule has 26 heavy (non-hydrogen) atoms. The summed E-state index contributed by atoms with van der Waals surface area (Å²) in [6, 6.07) is 7.96. The Hall–Kier alpha value is -1.81. The third-order valence-electron chi connectivity index (χ3n) is 5.83. The van der Waals surface area contributed by atoms with E-state index in [1.807, 2.05) is 30.5 Å². The second-order valence-electron chi connectivity index (χ2n) is 8.53. The second-order valence-corrected chi connectivity index (χ2v) is 8.94. The van der Waals surface area contributed by atoms with Gasteiger partial charge in [-0.25, -0.2) is 0 Å². The molecule has 0 spiro atoms. The molecule has 1 aromatic heterocycles. The van der Waals surface area contributed by atoms with Crippen molar-refractivity contribution < 1.29 is 4.79 Å². The maximum atomic E-state index is 12.5. The highest BCUT2D eigenvalue weighted by Gasteiger charge is 2.37. The molecule has 0 bridgehead atoms. The Morgan fingerprint density at radius 3 is 2.81 bits per heavy atom. The van der Waals surface area contributed by atoms with Crippen LogP contribution in [0.15, 0.2) is 30.5 Å². The van der Waals surface area contributed by atoms with Crippen molar-refractivity contribution in [3.8, 4) is 0 Å². The Kier molecular flexibility index (Phi) is 4.55. The minimum Gasteiger partial charge on any atom is -0.349 e. The van der Waals surface area contributed by atoms with Gasteiger partial charge in [-0.2, -0.15) is 5.10 Å². The van der Waals surface area contributed by atoms with Gasteiger partial charge < -0.3 is 5.32 Å². The molecule has 138 valence electrons. The zero-order valence-electron chi connectivity index (χ0n) is 15.5. The predicted octanol–water partition coefficient (Wildman–Crippen LogP) is 4.51. The van der Waals surface area contributed by atoms with Crippen LogP contribution in [-0.4, -0.2) is 15.7 Å². The van der Waals surface area contributed by atoms with Crippen LogP contribution in [0.2, 0.25) is 5.02 Å². The standard InChI is InChI=1S/C21H26ClN3O/c1-21(2)10-18(24-20(26)14-7-5-8-14)16-12-23-25(19(16)11-21)13-15-6-3-4-9-17(15)22/h3-4,6,9,12,14,18H,5,7-8,10-11,13H2,1-2H3,(H,24,26)/t18-/m1/s1. The molecule has 1 aromatic carbocycles. The Morgan fingerprint density at radius 1 is 1.35 bits per heavy atom. The number of fused-ring (bicyclic) bond motifs is 1. The van der Waals surface area contributed by atoms with E-state index in [9.17, 15) is 4.79 Å². The normalized spacial score (nSPS) is 21.7. The molecule has 1 saturated carbocycles. The van der Waals surface area contributed by atoms with Gasteiger partial charge in [0.05, 0.1) is 18.8 Å². The summed E-state index contributed by atoms with van der Waals surface area (Å²) in [4.78, 5) is 12.5. The van der Waals surface area contributed by atoms with Crippen molar-refractivity contribution >= 4 is 17.5 Å². The van der Waals surface area contributed by atoms with Crippen LogP contribution >= 0.6 is 11.6 Å². The van der Waals surface area contributed by atoms with E-state index in [1.165, 1.54) is 17.7 Å². The number of amides is 1. The summed E-state index contributed by atoms with van der Waals surface area (Å²) in [5.74, 6) is 0.422. The van der Waals surface area contributed by atoms with E-state index in [0.717, 1.165) is 36.3 Å². The monoisotopic (exact) mass is 371 g/mol. The molecule has 0 aliphatic heterocycles. The number of rotatable bonds is 4. The Balaban J connectivity index is 1.60. The molecule has 4 rings (SSSR count). The third-order valence-corrected chi connectivity index (χ3v) is 6.20. The van der Waals surface area contributed by atoms with Crippen LogP contribution in [0.1, 0.15) is 62.4 Å². The maximum Gasteiger partial charge on any atom is 0.223 e. The third kappa shape index (κ3) is 3.39. The first-order valence-corrected chi connectivity index (χ1v) is 9.89. The van der Waals surface area contributed by atoms with Crippen LogP contribution in [-0.2, 0) is 17.8 Å². The lowest BCUT2D eigenvalue weighted by Crippen LogP contribution is -2.41. The van der Waals surface area contributed by atoms with Crippen molar-refractivity contribution in [2.24, 2.45) is 11.3 Å². The fraction of sp³-hybridized carbons (Fsp3) is 0.524. The highest BCUT2D eigenvalue weighted by molar-refractivity contribution is 6.31. The molecule has 4 nitrogen and oxygen atoms in total. The van der Waals surface area contributed by atoms with Gasteiger partial charge in [0, 0.05) is 22.2 Å². The van der Waals surface area contributed by atoms with Crippen LogP contribution in [0.4, 0.5) is 0 Å². The molecule has 5 heteroatoms. The Labute approximate surface area is 159 Å². The van der Waals surface area contributed by atoms with Gasteiger partial charge in [-0.1, -0.05) is 50.1 Å². The fourth-order valence-corrected chi connectivity index (χ4v) is 4.31. The minimum absolute atomic E-state index is 0.0573. The SMILES string of the molecule is CC1(C)Cc2c(cnn2Cc2ccccc2Cl)[C@H](NC(=O)C2CCC2)C1. The lowest BCUT2D eigenvalue weighted by molar-refractivity contribution is -0.128. The van der Waals surface area contributed by atoms with E-state index in [1.54, 1.807) is 0 Å². The van der Waals surface area contributed by atoms with Gasteiger partial charge >= 0.3 is 0 Å². The number of nitrogens with zero attached hydrogens (tertiary/aromatic N) is 2. The van der Waals surface area contributed by atoms with E-state index in [4.69, 9.17) is 11.6 Å². The average molecular weight is 372 g/mol. The molecule has 1 atom stereocenters. The Bertz CT molecular complexity index is 822. The molecule has 1 fully saturated rings. The van der Waals surface area contributed by atoms with Crippen molar-refractivity contribution in [2.75, 3.05) is 0 Å². The summed E-state index contributed by atoms with van der Waals surface area (Å²) in [6.45, 7) is 5.20. The Morgan fingerprint density at radius 2 is 2.12 bits per heavy atom. The van der Waals surface area contributed by atoms with Crippen molar-refractivity contribution in [1.29, 1.82) is 0 Å². The first-order chi connectivity index (χ1) is 12.4. The van der Waals surface area contributed by atoms with Crippen LogP contribution in [0, 0.1) is 11.3 Å². The number of hydrogen-bond donors (Lipinski definition) is 1. The molecule has 2 aromatic rings. The van der Waals surface area contributed by atoms with Gasteiger partial charge in [0.2, 0.25) is 5.91 Å². The van der Waals surface area contributed by atoms with Gasteiger partial charge in [0.15, 0.2) is 0 Å². The summed E-state index contributed by atoms with van der Waals surface area (Å²) in [5.41, 5.74) is 3.59. The first kappa shape index (κ1) is 17.6. The summed E-state index contributed by atoms with van der Waals surface area (Å²) in [7, 11) is 0. The van der Waals surface area contributed by atoms with Crippen molar-refractivity contribution in [3.05, 3.63) is 52.3 Å². The maximum absolute atomic E-state index is 12.5. The highest BCUT2D eigenvalue weighted by Crippen LogP contribution is 2.41. The zero-order valence-corrected chi connectivity index (χ0v) is 16.2. The van der Waals surface area contributed by atoms with Gasteiger partial charge in [-0.05, 0) is 42.7 Å². The van der Waals surface area contributed by atoms with E-state index in [-0.39, 0.29) is 23.3 Å². The number of benzene rings is 1. The first-order valence-electron chi connectivity index (χ1n) is 9.51. The molecule has 2 aliphatic carbocycles. The highest BCUT2D eigenvalue weighted by atomic mass is 35.5. The van der Waals surface area contributed by atoms with Crippen molar-refractivity contribution in [2.45, 2.75) is 58.5 Å². The number of carbonyl (C=O) groups is 1. The van der Waals surface area contributed by atoms with Crippen LogP contribution in [0.25, 0.3) is 0 Å². The summed E-state index contributed by atoms with van der Waals surface area (Å²) < 4.78 is 2.06. The zero-order chi connectivity index (χ0) is 18.3. The van der Waals surface area contributed by atoms with Gasteiger partial charge in [0.1, 0.15) is 0 Å². The van der Waals surface area contributed by atoms with E-state index in [2.05, 4.69) is 28.9 Å². The van der Waals surface area contributed by atoms with Gasteiger partial charge in [0.25, 0.3) is 0 Å². The molecular weight excluding hydrogens is 346 g/mol. The van der Waals surface area contributed by atoms with Crippen LogP contribution in [0.5, 0.6) is 0 Å². The van der Waals surface area contributed by atoms with Crippen molar-refractivity contribution in [1.82, 2.24) is 15.1 Å². The number of halogens is 1. The quantitative estimate of drug-likeness (QED) is 0.859. The lowest BCUT2D eigenvalue weighted by Gasteiger charge is -2.37. The molecule has 2 aliphatic rings. The molecule has 1 amide bonds. The second kappa shape index (κ2) is 6.73. The molecule has 0 saturated heterocycles. The van der Waals surface area contributed by atoms with Gasteiger partial charge in [-0.15, -0.1) is 0 Å². The fourth-order valence-electron chi connectivity index (χ4n) is 4.11. The lowest BCUT2D eigenvalue weighted by atomic mass is 9.74. The molecule has 1 N–H and O–H groups in total. The molecular formula is C21H26ClN3O. The van der Waals surface area contributed by atoms with E-state index < -0.39 is 0 Å². The number of hydrogen-bond acceptors (Lipinski definition) is 2. The van der Waals surface area contributed by atoms with E-state index in [0.29, 0.717) is 6.54 Å². The molecule has 1 heterocycles. The average Bonchev–Trinajstić information content (AvgIpc) is 2.89. The van der Waals surface area contributed by atoms with Gasteiger partial charge in [-0.3, -0.25) is 9.48 Å². The summed E-state index contributed by atoms with van der Waals surface area (Å²) in [5, 5.41) is 8.71. The minimum atomic E-state index is 0.0573. The van der Waals surface area contributed by atoms with Crippen molar-refractivity contribution in [3.63, 3.8) is 0 Å². The van der Waals surface area contributed by atoms with E-state index >= 15 is 0 Å². The van der Waals surface area contributed by atoms with Crippen LogP contribution in [0.3, 0.4) is 0 Å². The summed E-state index contributed by atoms with van der Waals surface area (Å²) in [6.07, 6.45) is 7.09. The predicted molar refractivity (Wildman–Crippen MR) is 103 cm³/mol. The van der Waals surface area contributed by atoms with Crippen LogP contribution < -0.4 is 5.32 Å². The smallest absolute Gasteiger partial charge is 0.223 e. The topological polar surface area (TPSA) is 46.9 Å².